The summed E-state index contributed by atoms with van der Waals surface area (Å²) in [5.74, 6) is 2.02. The van der Waals surface area contributed by atoms with E-state index >= 15 is 0 Å². The predicted molar refractivity (Wildman–Crippen MR) is 76.9 cm³/mol. The lowest BCUT2D eigenvalue weighted by atomic mass is 9.97. The van der Waals surface area contributed by atoms with E-state index in [2.05, 4.69) is 20.0 Å². The number of anilines is 1. The molecule has 0 saturated heterocycles. The first-order valence-corrected chi connectivity index (χ1v) is 7.06. The number of nitrogens with one attached hydrogen (secondary N) is 1. The van der Waals surface area contributed by atoms with E-state index in [-0.39, 0.29) is 6.03 Å². The van der Waals surface area contributed by atoms with Gasteiger partial charge in [0.05, 0.1) is 0 Å². The molecule has 0 unspecified atom stereocenters. The highest BCUT2D eigenvalue weighted by molar-refractivity contribution is 5.88. The molecule has 21 heavy (non-hydrogen) atoms. The maximum Gasteiger partial charge on any atom is 0.322 e. The van der Waals surface area contributed by atoms with Crippen molar-refractivity contribution in [1.82, 2.24) is 19.6 Å². The summed E-state index contributed by atoms with van der Waals surface area (Å²) >= 11 is 0. The van der Waals surface area contributed by atoms with Crippen molar-refractivity contribution in [1.29, 1.82) is 0 Å². The van der Waals surface area contributed by atoms with Crippen LogP contribution in [0.5, 0.6) is 0 Å². The molecule has 0 radical (unpaired) electrons. The highest BCUT2D eigenvalue weighted by atomic mass is 16.5. The molecule has 1 aliphatic heterocycles. The molecular formula is C14H19N5O2. The zero-order chi connectivity index (χ0) is 14.8. The van der Waals surface area contributed by atoms with Crippen molar-refractivity contribution in [3.05, 3.63) is 30.0 Å². The van der Waals surface area contributed by atoms with Crippen molar-refractivity contribution >= 4 is 11.8 Å². The van der Waals surface area contributed by atoms with Gasteiger partial charge in [-0.05, 0) is 19.3 Å². The molecule has 3 heterocycles. The third-order valence-corrected chi connectivity index (χ3v) is 3.90. The molecule has 0 aromatic carbocycles. The number of carbonyl (C=O) groups is 1. The molecule has 7 heteroatoms. The van der Waals surface area contributed by atoms with Crippen LogP contribution in [0.25, 0.3) is 0 Å². The number of aryl methyl sites for hydroxylation is 2. The smallest absolute Gasteiger partial charge is 0.322 e. The van der Waals surface area contributed by atoms with Crippen molar-refractivity contribution in [2.24, 2.45) is 5.92 Å². The van der Waals surface area contributed by atoms with Crippen LogP contribution in [0.3, 0.4) is 0 Å². The van der Waals surface area contributed by atoms with Gasteiger partial charge in [-0.2, -0.15) is 0 Å². The molecule has 2 aromatic heterocycles. The van der Waals surface area contributed by atoms with Gasteiger partial charge in [0.2, 0.25) is 0 Å². The van der Waals surface area contributed by atoms with Crippen LogP contribution in [0.1, 0.15) is 17.8 Å². The molecule has 0 saturated carbocycles. The van der Waals surface area contributed by atoms with Gasteiger partial charge in [0.25, 0.3) is 0 Å². The van der Waals surface area contributed by atoms with Crippen LogP contribution in [-0.2, 0) is 13.0 Å². The van der Waals surface area contributed by atoms with Gasteiger partial charge in [-0.25, -0.2) is 9.78 Å². The summed E-state index contributed by atoms with van der Waals surface area (Å²) in [5.41, 5.74) is 0.816. The van der Waals surface area contributed by atoms with E-state index in [0.29, 0.717) is 18.3 Å². The third kappa shape index (κ3) is 2.91. The average Bonchev–Trinajstić information content (AvgIpc) is 3.07. The molecule has 112 valence electrons. The number of hydrogen-bond donors (Lipinski definition) is 1. The summed E-state index contributed by atoms with van der Waals surface area (Å²) in [6.45, 7) is 3.51. The molecule has 1 atom stereocenters. The molecule has 0 spiro atoms. The van der Waals surface area contributed by atoms with Crippen LogP contribution < -0.4 is 5.32 Å². The highest BCUT2D eigenvalue weighted by Gasteiger charge is 2.22. The SMILES string of the molecule is Cc1conc1NC(=O)N(C)C[C@H]1CCn2ccnc2C1. The lowest BCUT2D eigenvalue weighted by Gasteiger charge is -2.27. The minimum absolute atomic E-state index is 0.166. The summed E-state index contributed by atoms with van der Waals surface area (Å²) in [4.78, 5) is 18.2. The third-order valence-electron chi connectivity index (χ3n) is 3.90. The van der Waals surface area contributed by atoms with Gasteiger partial charge in [0.1, 0.15) is 12.1 Å². The summed E-state index contributed by atoms with van der Waals surface area (Å²) in [7, 11) is 1.80. The molecule has 0 bridgehead atoms. The van der Waals surface area contributed by atoms with E-state index in [9.17, 15) is 4.79 Å². The molecule has 2 amide bonds. The van der Waals surface area contributed by atoms with E-state index in [1.165, 1.54) is 6.26 Å². The van der Waals surface area contributed by atoms with Crippen molar-refractivity contribution < 1.29 is 9.32 Å². The van der Waals surface area contributed by atoms with E-state index in [1.54, 1.807) is 11.9 Å². The summed E-state index contributed by atoms with van der Waals surface area (Å²) in [5, 5.41) is 6.52. The van der Waals surface area contributed by atoms with E-state index in [4.69, 9.17) is 4.52 Å². The summed E-state index contributed by atoms with van der Waals surface area (Å²) in [6, 6.07) is -0.166. The predicted octanol–water partition coefficient (Wildman–Crippen LogP) is 1.91. The Bertz CT molecular complexity index is 633. The Balaban J connectivity index is 1.56. The Morgan fingerprint density at radius 1 is 1.62 bits per heavy atom. The van der Waals surface area contributed by atoms with Gasteiger partial charge < -0.3 is 14.0 Å². The van der Waals surface area contributed by atoms with Gasteiger partial charge in [-0.3, -0.25) is 5.32 Å². The molecule has 0 fully saturated rings. The normalized spacial score (nSPS) is 17.3. The Morgan fingerprint density at radius 2 is 2.48 bits per heavy atom. The number of fused-ring (bicyclic) bond motifs is 1. The number of aromatic nitrogens is 3. The summed E-state index contributed by atoms with van der Waals surface area (Å²) < 4.78 is 6.99. The fourth-order valence-corrected chi connectivity index (χ4v) is 2.65. The van der Waals surface area contributed by atoms with Gasteiger partial charge in [-0.1, -0.05) is 5.16 Å². The second-order valence-electron chi connectivity index (χ2n) is 5.55. The Kier molecular flexibility index (Phi) is 3.64. The summed E-state index contributed by atoms with van der Waals surface area (Å²) in [6.07, 6.45) is 7.32. The number of urea groups is 1. The zero-order valence-electron chi connectivity index (χ0n) is 12.2. The first-order valence-electron chi connectivity index (χ1n) is 7.06. The van der Waals surface area contributed by atoms with Crippen LogP contribution in [0.2, 0.25) is 0 Å². The van der Waals surface area contributed by atoms with Crippen LogP contribution in [0, 0.1) is 12.8 Å². The maximum atomic E-state index is 12.1. The Morgan fingerprint density at radius 3 is 3.24 bits per heavy atom. The lowest BCUT2D eigenvalue weighted by molar-refractivity contribution is 0.207. The molecule has 0 aliphatic carbocycles. The minimum Gasteiger partial charge on any atom is -0.362 e. The van der Waals surface area contributed by atoms with E-state index in [0.717, 1.165) is 30.8 Å². The topological polar surface area (TPSA) is 76.2 Å². The lowest BCUT2D eigenvalue weighted by Crippen LogP contribution is -2.37. The van der Waals surface area contributed by atoms with E-state index < -0.39 is 0 Å². The van der Waals surface area contributed by atoms with Crippen LogP contribution in [-0.4, -0.2) is 39.2 Å². The first-order chi connectivity index (χ1) is 10.1. The average molecular weight is 289 g/mol. The van der Waals surface area contributed by atoms with Gasteiger partial charge in [0.15, 0.2) is 5.82 Å². The number of hydrogen-bond acceptors (Lipinski definition) is 4. The van der Waals surface area contributed by atoms with Gasteiger partial charge >= 0.3 is 6.03 Å². The van der Waals surface area contributed by atoms with Crippen LogP contribution in [0.4, 0.5) is 10.6 Å². The number of amides is 2. The van der Waals surface area contributed by atoms with Crippen LogP contribution >= 0.6 is 0 Å². The molecule has 1 N–H and O–H groups in total. The van der Waals surface area contributed by atoms with Crippen molar-refractivity contribution in [2.45, 2.75) is 26.3 Å². The second kappa shape index (κ2) is 5.59. The Hall–Kier alpha value is -2.31. The molecular weight excluding hydrogens is 270 g/mol. The fourth-order valence-electron chi connectivity index (χ4n) is 2.65. The Labute approximate surface area is 122 Å². The quantitative estimate of drug-likeness (QED) is 0.936. The number of carbonyl (C=O) groups excluding carboxylic acids is 1. The fraction of sp³-hybridized carbons (Fsp3) is 0.500. The number of nitrogens with zero attached hydrogens (tertiary/aromatic N) is 4. The van der Waals surface area contributed by atoms with Crippen molar-refractivity contribution in [2.75, 3.05) is 18.9 Å². The molecule has 3 rings (SSSR count). The largest absolute Gasteiger partial charge is 0.362 e. The van der Waals surface area contributed by atoms with E-state index in [1.807, 2.05) is 19.3 Å². The molecule has 1 aliphatic rings. The second-order valence-corrected chi connectivity index (χ2v) is 5.55. The van der Waals surface area contributed by atoms with Crippen molar-refractivity contribution in [3.63, 3.8) is 0 Å². The molecule has 2 aromatic rings. The number of rotatable bonds is 3. The number of imidazole rings is 1. The van der Waals surface area contributed by atoms with Crippen LogP contribution in [0.15, 0.2) is 23.2 Å². The first kappa shape index (κ1) is 13.7. The van der Waals surface area contributed by atoms with Gasteiger partial charge in [0, 0.05) is 44.5 Å². The highest BCUT2D eigenvalue weighted by Crippen LogP contribution is 2.20. The standard InChI is InChI=1S/C14H19N5O2/c1-10-9-21-17-13(10)16-14(20)18(2)8-11-3-5-19-6-4-15-12(19)7-11/h4,6,9,11H,3,5,7-8H2,1-2H3,(H,16,17,20)/t11-/m0/s1. The monoisotopic (exact) mass is 289 g/mol. The zero-order valence-corrected chi connectivity index (χ0v) is 12.2. The van der Waals surface area contributed by atoms with Gasteiger partial charge in [-0.15, -0.1) is 0 Å². The minimum atomic E-state index is -0.166. The maximum absolute atomic E-state index is 12.1. The molecule has 7 nitrogen and oxygen atoms in total. The van der Waals surface area contributed by atoms with Crippen molar-refractivity contribution in [3.8, 4) is 0 Å².